The van der Waals surface area contributed by atoms with E-state index in [1.54, 1.807) is 12.3 Å². The molecule has 0 radical (unpaired) electrons. The minimum absolute atomic E-state index is 0.0807. The Morgan fingerprint density at radius 2 is 2.33 bits per heavy atom. The molecule has 6 heteroatoms. The second-order valence-electron chi connectivity index (χ2n) is 4.55. The number of rotatable bonds is 3. The molecule has 1 aromatic rings. The Bertz CT molecular complexity index is 416. The van der Waals surface area contributed by atoms with Gasteiger partial charge in [0, 0.05) is 25.4 Å². The Hall–Kier alpha value is -1.69. The van der Waals surface area contributed by atoms with E-state index in [4.69, 9.17) is 0 Å². The van der Waals surface area contributed by atoms with E-state index in [2.05, 4.69) is 10.3 Å². The van der Waals surface area contributed by atoms with Crippen molar-refractivity contribution in [1.29, 1.82) is 0 Å². The Morgan fingerprint density at radius 1 is 1.50 bits per heavy atom. The molecule has 0 saturated carbocycles. The van der Waals surface area contributed by atoms with E-state index < -0.39 is 0 Å². The molecule has 1 aromatic heterocycles. The molecule has 2 rings (SSSR count). The van der Waals surface area contributed by atoms with Crippen molar-refractivity contribution in [3.05, 3.63) is 28.4 Å². The Kier molecular flexibility index (Phi) is 4.09. The van der Waals surface area contributed by atoms with E-state index in [1.807, 2.05) is 11.9 Å². The summed E-state index contributed by atoms with van der Waals surface area (Å²) in [5.41, 5.74) is 0.0807. The standard InChI is InChI=1S/C12H18N4O2/c1-15(10-4-2-7-13-9-6-10)12-11(16(17)18)5-3-8-14-12/h3,5,8,10,13H,2,4,6-7,9H2,1H3. The first-order chi connectivity index (χ1) is 8.70. The van der Waals surface area contributed by atoms with Crippen LogP contribution >= 0.6 is 0 Å². The summed E-state index contributed by atoms with van der Waals surface area (Å²) in [7, 11) is 1.89. The van der Waals surface area contributed by atoms with Gasteiger partial charge in [-0.3, -0.25) is 10.1 Å². The molecule has 1 saturated heterocycles. The van der Waals surface area contributed by atoms with E-state index in [0.717, 1.165) is 32.4 Å². The van der Waals surface area contributed by atoms with Gasteiger partial charge in [-0.1, -0.05) is 0 Å². The van der Waals surface area contributed by atoms with Gasteiger partial charge in [0.1, 0.15) is 0 Å². The third-order valence-corrected chi connectivity index (χ3v) is 3.39. The number of nitrogens with one attached hydrogen (secondary N) is 1. The second-order valence-corrected chi connectivity index (χ2v) is 4.55. The molecule has 0 spiro atoms. The fraction of sp³-hybridized carbons (Fsp3) is 0.583. The first kappa shape index (κ1) is 12.8. The zero-order valence-corrected chi connectivity index (χ0v) is 10.5. The van der Waals surface area contributed by atoms with Gasteiger partial charge in [0.2, 0.25) is 5.82 Å². The fourth-order valence-electron chi connectivity index (χ4n) is 2.36. The molecule has 6 nitrogen and oxygen atoms in total. The number of anilines is 1. The first-order valence-corrected chi connectivity index (χ1v) is 6.23. The molecule has 1 N–H and O–H groups in total. The van der Waals surface area contributed by atoms with Gasteiger partial charge >= 0.3 is 5.69 Å². The Labute approximate surface area is 106 Å². The van der Waals surface area contributed by atoms with Crippen LogP contribution in [0, 0.1) is 10.1 Å². The zero-order chi connectivity index (χ0) is 13.0. The van der Waals surface area contributed by atoms with E-state index in [9.17, 15) is 10.1 Å². The predicted octanol–water partition coefficient (Wildman–Crippen LogP) is 1.57. The molecular weight excluding hydrogens is 232 g/mol. The molecule has 0 bridgehead atoms. The number of pyridine rings is 1. The second kappa shape index (κ2) is 5.77. The summed E-state index contributed by atoms with van der Waals surface area (Å²) < 4.78 is 0. The predicted molar refractivity (Wildman–Crippen MR) is 69.8 cm³/mol. The maximum atomic E-state index is 11.0. The monoisotopic (exact) mass is 250 g/mol. The molecule has 18 heavy (non-hydrogen) atoms. The number of aromatic nitrogens is 1. The van der Waals surface area contributed by atoms with Crippen LogP contribution in [0.15, 0.2) is 18.3 Å². The maximum Gasteiger partial charge on any atom is 0.311 e. The van der Waals surface area contributed by atoms with Crippen LogP contribution in [-0.2, 0) is 0 Å². The molecule has 1 aliphatic rings. The molecule has 1 aliphatic heterocycles. The van der Waals surface area contributed by atoms with Crippen LogP contribution in [0.2, 0.25) is 0 Å². The summed E-state index contributed by atoms with van der Waals surface area (Å²) in [5.74, 6) is 0.467. The van der Waals surface area contributed by atoms with Crippen molar-refractivity contribution < 1.29 is 4.92 Å². The third kappa shape index (κ3) is 2.76. The minimum Gasteiger partial charge on any atom is -0.351 e. The van der Waals surface area contributed by atoms with Crippen molar-refractivity contribution in [2.45, 2.75) is 25.3 Å². The SMILES string of the molecule is CN(c1ncccc1[N+](=O)[O-])C1CCCNCC1. The van der Waals surface area contributed by atoms with Gasteiger partial charge in [-0.25, -0.2) is 4.98 Å². The maximum absolute atomic E-state index is 11.0. The molecule has 0 aromatic carbocycles. The molecule has 0 amide bonds. The molecule has 1 fully saturated rings. The van der Waals surface area contributed by atoms with Crippen LogP contribution in [-0.4, -0.2) is 36.1 Å². The van der Waals surface area contributed by atoms with E-state index in [0.29, 0.717) is 11.9 Å². The van der Waals surface area contributed by atoms with Crippen LogP contribution < -0.4 is 10.2 Å². The van der Waals surface area contributed by atoms with Crippen molar-refractivity contribution in [3.8, 4) is 0 Å². The van der Waals surface area contributed by atoms with Crippen LogP contribution in [0.5, 0.6) is 0 Å². The summed E-state index contributed by atoms with van der Waals surface area (Å²) in [6.45, 7) is 1.98. The highest BCUT2D eigenvalue weighted by molar-refractivity contribution is 5.57. The summed E-state index contributed by atoms with van der Waals surface area (Å²) in [4.78, 5) is 16.8. The number of nitrogens with zero attached hydrogens (tertiary/aromatic N) is 3. The first-order valence-electron chi connectivity index (χ1n) is 6.23. The van der Waals surface area contributed by atoms with Crippen molar-refractivity contribution in [2.24, 2.45) is 0 Å². The lowest BCUT2D eigenvalue weighted by molar-refractivity contribution is -0.384. The number of nitro groups is 1. The van der Waals surface area contributed by atoms with Crippen LogP contribution in [0.4, 0.5) is 11.5 Å². The average molecular weight is 250 g/mol. The van der Waals surface area contributed by atoms with Gasteiger partial charge in [0.05, 0.1) is 4.92 Å². The summed E-state index contributed by atoms with van der Waals surface area (Å²) in [6, 6.07) is 3.42. The lowest BCUT2D eigenvalue weighted by atomic mass is 10.1. The fourth-order valence-corrected chi connectivity index (χ4v) is 2.36. The quantitative estimate of drug-likeness (QED) is 0.651. The highest BCUT2D eigenvalue weighted by atomic mass is 16.6. The van der Waals surface area contributed by atoms with Crippen molar-refractivity contribution in [3.63, 3.8) is 0 Å². The number of hydrogen-bond acceptors (Lipinski definition) is 5. The number of hydrogen-bond donors (Lipinski definition) is 1. The van der Waals surface area contributed by atoms with Gasteiger partial charge < -0.3 is 10.2 Å². The smallest absolute Gasteiger partial charge is 0.311 e. The highest BCUT2D eigenvalue weighted by Gasteiger charge is 2.24. The van der Waals surface area contributed by atoms with E-state index >= 15 is 0 Å². The Balaban J connectivity index is 2.21. The summed E-state index contributed by atoms with van der Waals surface area (Å²) in [5, 5.41) is 14.3. The largest absolute Gasteiger partial charge is 0.351 e. The summed E-state index contributed by atoms with van der Waals surface area (Å²) >= 11 is 0. The van der Waals surface area contributed by atoms with Crippen LogP contribution in [0.3, 0.4) is 0 Å². The third-order valence-electron chi connectivity index (χ3n) is 3.39. The molecule has 1 atom stereocenters. The van der Waals surface area contributed by atoms with Gasteiger partial charge in [-0.2, -0.15) is 0 Å². The van der Waals surface area contributed by atoms with Gasteiger partial charge in [0.25, 0.3) is 0 Å². The van der Waals surface area contributed by atoms with Crippen LogP contribution in [0.1, 0.15) is 19.3 Å². The normalized spacial score (nSPS) is 20.2. The van der Waals surface area contributed by atoms with Gasteiger partial charge in [-0.05, 0) is 38.4 Å². The topological polar surface area (TPSA) is 71.3 Å². The molecule has 0 aliphatic carbocycles. The molecule has 98 valence electrons. The lowest BCUT2D eigenvalue weighted by Gasteiger charge is -2.27. The van der Waals surface area contributed by atoms with Gasteiger partial charge in [0.15, 0.2) is 0 Å². The molecule has 1 unspecified atom stereocenters. The van der Waals surface area contributed by atoms with Crippen molar-refractivity contribution in [1.82, 2.24) is 10.3 Å². The highest BCUT2D eigenvalue weighted by Crippen LogP contribution is 2.27. The van der Waals surface area contributed by atoms with E-state index in [-0.39, 0.29) is 10.6 Å². The van der Waals surface area contributed by atoms with E-state index in [1.165, 1.54) is 6.07 Å². The van der Waals surface area contributed by atoms with Gasteiger partial charge in [-0.15, -0.1) is 0 Å². The summed E-state index contributed by atoms with van der Waals surface area (Å²) in [6.07, 6.45) is 4.73. The molecule has 2 heterocycles. The zero-order valence-electron chi connectivity index (χ0n) is 10.5. The minimum atomic E-state index is -0.367. The Morgan fingerprint density at radius 3 is 3.11 bits per heavy atom. The lowest BCUT2D eigenvalue weighted by Crippen LogP contribution is -2.33. The van der Waals surface area contributed by atoms with Crippen molar-refractivity contribution >= 4 is 11.5 Å². The van der Waals surface area contributed by atoms with Crippen LogP contribution in [0.25, 0.3) is 0 Å². The molecular formula is C12H18N4O2. The van der Waals surface area contributed by atoms with Crippen molar-refractivity contribution in [2.75, 3.05) is 25.0 Å². The average Bonchev–Trinajstić information content (AvgIpc) is 2.66.